The van der Waals surface area contributed by atoms with Crippen LogP contribution in [0.4, 0.5) is 0 Å². The van der Waals surface area contributed by atoms with Crippen molar-refractivity contribution in [2.75, 3.05) is 27.8 Å². The van der Waals surface area contributed by atoms with Gasteiger partial charge in [0.1, 0.15) is 0 Å². The number of aliphatic hydroxyl groups excluding tert-OH is 1. The lowest BCUT2D eigenvalue weighted by molar-refractivity contribution is -0.122. The van der Waals surface area contributed by atoms with Gasteiger partial charge in [0, 0.05) is 26.8 Å². The van der Waals surface area contributed by atoms with Gasteiger partial charge < -0.3 is 41.6 Å². The first-order valence-corrected chi connectivity index (χ1v) is 19.1. The summed E-state index contributed by atoms with van der Waals surface area (Å²) in [6.07, 6.45) is 14.9. The molecule has 0 aromatic rings. The average Bonchev–Trinajstić information content (AvgIpc) is 3.59. The quantitative estimate of drug-likeness (QED) is 0.0812. The number of allylic oxidation sites excluding steroid dienone is 2. The number of nitrogens with zero attached hydrogens (tertiary/aromatic N) is 1. The van der Waals surface area contributed by atoms with Gasteiger partial charge in [-0.25, -0.2) is 0 Å². The number of carbonyl (C=O) groups excluding carboxylic acids is 4. The highest BCUT2D eigenvalue weighted by molar-refractivity contribution is 5.48. The summed E-state index contributed by atoms with van der Waals surface area (Å²) in [7, 11) is 5.57. The summed E-state index contributed by atoms with van der Waals surface area (Å²) in [5, 5.41) is 15.4. The first-order chi connectivity index (χ1) is 25.0. The molecule has 6 atom stereocenters. The predicted molar refractivity (Wildman–Crippen MR) is 224 cm³/mol. The molecule has 0 radical (unpaired) electrons. The number of rotatable bonds is 18. The minimum atomic E-state index is -0.749. The minimum Gasteiger partial charge on any atom is -0.386 e. The summed E-state index contributed by atoms with van der Waals surface area (Å²) < 4.78 is 10.8. The van der Waals surface area contributed by atoms with Crippen molar-refractivity contribution in [3.63, 3.8) is 0 Å². The molecule has 12 nitrogen and oxygen atoms in total. The van der Waals surface area contributed by atoms with Gasteiger partial charge in [-0.1, -0.05) is 113 Å². The minimum absolute atomic E-state index is 0.188. The number of carbonyl (C=O) groups is 4. The maximum atomic E-state index is 10.7. The van der Waals surface area contributed by atoms with Crippen LogP contribution in [0.5, 0.6) is 0 Å². The number of hydrogen-bond acceptors (Lipinski definition) is 8. The highest BCUT2D eigenvalue weighted by atomic mass is 16.5. The van der Waals surface area contributed by atoms with Crippen molar-refractivity contribution in [1.82, 2.24) is 15.5 Å². The topological polar surface area (TPSA) is 186 Å². The number of ether oxygens (including phenoxy) is 2. The predicted octanol–water partition coefficient (Wildman–Crippen LogP) is 6.17. The van der Waals surface area contributed by atoms with Crippen molar-refractivity contribution in [3.8, 4) is 0 Å². The van der Waals surface area contributed by atoms with Crippen LogP contribution in [0.1, 0.15) is 121 Å². The van der Waals surface area contributed by atoms with Crippen molar-refractivity contribution < 1.29 is 33.8 Å². The molecule has 0 aromatic carbocycles. The Morgan fingerprint density at radius 3 is 1.66 bits per heavy atom. The summed E-state index contributed by atoms with van der Waals surface area (Å²) >= 11 is 0. The number of nitrogens with two attached hydrogens (primary N) is 2. The zero-order valence-corrected chi connectivity index (χ0v) is 36.3. The Morgan fingerprint density at radius 1 is 0.887 bits per heavy atom. The zero-order chi connectivity index (χ0) is 42.8. The van der Waals surface area contributed by atoms with Crippen LogP contribution in [0.3, 0.4) is 0 Å². The Balaban J connectivity index is -0.000000133. The fraction of sp³-hybridized carbons (Fsp3) is 0.756. The SMILES string of the molecule is C=C/C=C(\C=C)C(O)C(C)NC=O.CCC.CCC(C)C.CCC(CCC(NC)C(C)C)OC.COC(C(C)C)C1CCCN1C=O.NC=O.NC=O. The number of primary amides is 2. The first-order valence-electron chi connectivity index (χ1n) is 19.1. The summed E-state index contributed by atoms with van der Waals surface area (Å²) in [6, 6.07) is 0.591. The molecule has 1 aliphatic rings. The van der Waals surface area contributed by atoms with Crippen molar-refractivity contribution in [2.45, 2.75) is 158 Å². The van der Waals surface area contributed by atoms with E-state index >= 15 is 0 Å². The smallest absolute Gasteiger partial charge is 0.210 e. The van der Waals surface area contributed by atoms with Gasteiger partial charge in [-0.3, -0.25) is 19.2 Å². The molecule has 12 heteroatoms. The Hall–Kier alpha value is -3.06. The molecule has 0 bridgehead atoms. The fourth-order valence-electron chi connectivity index (χ4n) is 4.75. The lowest BCUT2D eigenvalue weighted by atomic mass is 9.97. The van der Waals surface area contributed by atoms with Crippen molar-refractivity contribution in [3.05, 3.63) is 37.0 Å². The van der Waals surface area contributed by atoms with Gasteiger partial charge in [0.05, 0.1) is 30.4 Å². The van der Waals surface area contributed by atoms with E-state index < -0.39 is 6.10 Å². The Morgan fingerprint density at radius 2 is 1.38 bits per heavy atom. The van der Waals surface area contributed by atoms with Crippen LogP contribution in [0.25, 0.3) is 0 Å². The van der Waals surface area contributed by atoms with Crippen LogP contribution in [0.2, 0.25) is 0 Å². The number of nitrogens with one attached hydrogen (secondary N) is 2. The molecule has 1 rings (SSSR count). The molecule has 6 unspecified atom stereocenters. The standard InChI is InChI=1S/C11H25NO.C10H19NO2.C10H15NO2.C5H12.C3H8.2CH3NO/c1-6-10(13-5)7-8-11(12-4)9(2)3;1-8(2)10(13-3)9-5-4-6-11(9)7-12;1-4-6-9(5-2)10(13)8(3)11-7-12;1-4-5(2)3;1-3-2;2*2-1-3/h9-12H,6-8H2,1-5H3;7-10H,4-6H2,1-3H3;4-8,10,13H,1-2H2,3H3,(H,11,12);5H,4H2,1-3H3;3H2,1-2H3;2*1H,(H2,2,3)/b;;9-6+;;;;. The average molecular weight is 760 g/mol. The summed E-state index contributed by atoms with van der Waals surface area (Å²) in [5.74, 6) is 2.06. The van der Waals surface area contributed by atoms with Crippen LogP contribution < -0.4 is 22.1 Å². The van der Waals surface area contributed by atoms with E-state index in [1.807, 2.05) is 11.9 Å². The largest absolute Gasteiger partial charge is 0.386 e. The monoisotopic (exact) mass is 760 g/mol. The molecule has 1 saturated heterocycles. The third-order valence-electron chi connectivity index (χ3n) is 8.06. The molecule has 316 valence electrons. The molecule has 1 fully saturated rings. The van der Waals surface area contributed by atoms with Crippen LogP contribution in [-0.2, 0) is 28.7 Å². The molecule has 0 saturated carbocycles. The number of hydrogen-bond donors (Lipinski definition) is 5. The summed E-state index contributed by atoms with van der Waals surface area (Å²) in [5.41, 5.74) is 8.97. The van der Waals surface area contributed by atoms with E-state index in [2.05, 4.69) is 104 Å². The third-order valence-corrected chi connectivity index (χ3v) is 8.06. The van der Waals surface area contributed by atoms with Gasteiger partial charge in [0.2, 0.25) is 25.6 Å². The van der Waals surface area contributed by atoms with Gasteiger partial charge in [-0.15, -0.1) is 0 Å². The first kappa shape index (κ1) is 62.0. The van der Waals surface area contributed by atoms with E-state index in [4.69, 9.17) is 19.1 Å². The molecule has 53 heavy (non-hydrogen) atoms. The molecular weight excluding hydrogens is 674 g/mol. The zero-order valence-electron chi connectivity index (χ0n) is 36.3. The second-order valence-electron chi connectivity index (χ2n) is 13.4. The van der Waals surface area contributed by atoms with E-state index in [1.165, 1.54) is 25.3 Å². The van der Waals surface area contributed by atoms with E-state index in [9.17, 15) is 14.7 Å². The second kappa shape index (κ2) is 47.0. The van der Waals surface area contributed by atoms with E-state index in [0.29, 0.717) is 42.0 Å². The molecule has 0 aromatic heterocycles. The third kappa shape index (κ3) is 40.0. The number of likely N-dealkylation sites (tertiary alicyclic amines) is 1. The van der Waals surface area contributed by atoms with E-state index in [-0.39, 0.29) is 25.0 Å². The highest BCUT2D eigenvalue weighted by Gasteiger charge is 2.32. The lowest BCUT2D eigenvalue weighted by Gasteiger charge is -2.30. The molecule has 0 spiro atoms. The number of methoxy groups -OCH3 is 2. The molecule has 1 aliphatic heterocycles. The van der Waals surface area contributed by atoms with Gasteiger partial charge in [0.15, 0.2) is 0 Å². The van der Waals surface area contributed by atoms with Crippen LogP contribution in [0.15, 0.2) is 37.0 Å². The molecular formula is C41H85N5O7. The Kier molecular flexibility index (Phi) is 54.9. The van der Waals surface area contributed by atoms with Crippen molar-refractivity contribution in [1.29, 1.82) is 0 Å². The van der Waals surface area contributed by atoms with Gasteiger partial charge in [-0.05, 0) is 69.4 Å². The second-order valence-corrected chi connectivity index (χ2v) is 13.4. The maximum absolute atomic E-state index is 10.7. The van der Waals surface area contributed by atoms with Gasteiger partial charge in [-0.2, -0.15) is 0 Å². The van der Waals surface area contributed by atoms with Gasteiger partial charge in [0.25, 0.3) is 0 Å². The fourth-order valence-corrected chi connectivity index (χ4v) is 4.75. The van der Waals surface area contributed by atoms with E-state index in [1.54, 1.807) is 33.3 Å². The lowest BCUT2D eigenvalue weighted by Crippen LogP contribution is -2.42. The van der Waals surface area contributed by atoms with Gasteiger partial charge >= 0.3 is 0 Å². The van der Waals surface area contributed by atoms with Crippen molar-refractivity contribution >= 4 is 25.6 Å². The van der Waals surface area contributed by atoms with Crippen LogP contribution in [-0.4, -0.2) is 99.9 Å². The number of aliphatic hydroxyl groups is 1. The van der Waals surface area contributed by atoms with Crippen LogP contribution >= 0.6 is 0 Å². The molecule has 1 heterocycles. The summed E-state index contributed by atoms with van der Waals surface area (Å²) in [4.78, 5) is 39.9. The maximum Gasteiger partial charge on any atom is 0.210 e. The summed E-state index contributed by atoms with van der Waals surface area (Å²) in [6.45, 7) is 31.5. The van der Waals surface area contributed by atoms with E-state index in [0.717, 1.165) is 44.6 Å². The van der Waals surface area contributed by atoms with Crippen molar-refractivity contribution in [2.24, 2.45) is 29.2 Å². The Bertz CT molecular complexity index is 847. The highest BCUT2D eigenvalue weighted by Crippen LogP contribution is 2.24. The number of amides is 4. The molecule has 7 N–H and O–H groups in total. The molecule has 0 aliphatic carbocycles. The molecule has 4 amide bonds. The van der Waals surface area contributed by atoms with Crippen LogP contribution in [0, 0.1) is 17.8 Å². The Labute approximate surface area is 326 Å². The normalized spacial score (nSPS) is 15.7.